The highest BCUT2D eigenvalue weighted by molar-refractivity contribution is 8.18. The van der Waals surface area contributed by atoms with Gasteiger partial charge in [0.05, 0.1) is 16.5 Å². The van der Waals surface area contributed by atoms with Crippen LogP contribution in [-0.4, -0.2) is 46.4 Å². The van der Waals surface area contributed by atoms with Crippen molar-refractivity contribution < 1.29 is 29.0 Å². The van der Waals surface area contributed by atoms with Gasteiger partial charge in [-0.25, -0.2) is 4.79 Å². The standard InChI is InChI=1S/C17H18ClNO6S/c1-4-24-12-6-10(5-11(18)15(12)25-8-14(20)21)7-13-16(22)19(9(2)3)17(23)26-13/h5-7,9H,4,8H2,1-3H3,(H,20,21)/b13-7+. The van der Waals surface area contributed by atoms with Crippen molar-refractivity contribution in [1.29, 1.82) is 0 Å². The molecule has 9 heteroatoms. The lowest BCUT2D eigenvalue weighted by atomic mass is 10.1. The van der Waals surface area contributed by atoms with Gasteiger partial charge in [0, 0.05) is 6.04 Å². The third kappa shape index (κ3) is 4.50. The van der Waals surface area contributed by atoms with Gasteiger partial charge in [-0.3, -0.25) is 14.5 Å². The predicted octanol–water partition coefficient (Wildman–Crippen LogP) is 3.65. The Morgan fingerprint density at radius 1 is 1.35 bits per heavy atom. The number of nitrogens with zero attached hydrogens (tertiary/aromatic N) is 1. The van der Waals surface area contributed by atoms with Crippen LogP contribution in [-0.2, 0) is 9.59 Å². The van der Waals surface area contributed by atoms with Crippen LogP contribution in [0.2, 0.25) is 5.02 Å². The molecular formula is C17H18ClNO6S. The smallest absolute Gasteiger partial charge is 0.341 e. The molecule has 0 spiro atoms. The maximum absolute atomic E-state index is 12.4. The van der Waals surface area contributed by atoms with E-state index >= 15 is 0 Å². The molecule has 1 aromatic carbocycles. The van der Waals surface area contributed by atoms with E-state index in [2.05, 4.69) is 0 Å². The second kappa shape index (κ2) is 8.46. The number of rotatable bonds is 7. The fourth-order valence-electron chi connectivity index (χ4n) is 2.28. The lowest BCUT2D eigenvalue weighted by Gasteiger charge is -2.16. The molecule has 1 aliphatic rings. The van der Waals surface area contributed by atoms with Crippen LogP contribution in [0, 0.1) is 0 Å². The maximum atomic E-state index is 12.4. The van der Waals surface area contributed by atoms with E-state index in [0.717, 1.165) is 11.8 Å². The van der Waals surface area contributed by atoms with Gasteiger partial charge in [0.1, 0.15) is 0 Å². The van der Waals surface area contributed by atoms with Gasteiger partial charge in [0.2, 0.25) is 0 Å². The van der Waals surface area contributed by atoms with Crippen molar-refractivity contribution in [2.45, 2.75) is 26.8 Å². The van der Waals surface area contributed by atoms with E-state index in [4.69, 9.17) is 26.2 Å². The first kappa shape index (κ1) is 20.1. The summed E-state index contributed by atoms with van der Waals surface area (Å²) in [5, 5.41) is 8.58. The minimum absolute atomic E-state index is 0.114. The van der Waals surface area contributed by atoms with Crippen molar-refractivity contribution in [3.63, 3.8) is 0 Å². The number of amides is 2. The summed E-state index contributed by atoms with van der Waals surface area (Å²) in [6, 6.07) is 2.86. The van der Waals surface area contributed by atoms with Gasteiger partial charge in [-0.05, 0) is 56.3 Å². The highest BCUT2D eigenvalue weighted by Crippen LogP contribution is 2.39. The van der Waals surface area contributed by atoms with Crippen LogP contribution in [0.1, 0.15) is 26.3 Å². The van der Waals surface area contributed by atoms with Gasteiger partial charge >= 0.3 is 5.97 Å². The SMILES string of the molecule is CCOc1cc(/C=C2/SC(=O)N(C(C)C)C2=O)cc(Cl)c1OCC(=O)O. The number of halogens is 1. The molecule has 2 rings (SSSR count). The summed E-state index contributed by atoms with van der Waals surface area (Å²) in [6.07, 6.45) is 1.54. The number of thioether (sulfide) groups is 1. The molecule has 26 heavy (non-hydrogen) atoms. The first-order chi connectivity index (χ1) is 12.2. The van der Waals surface area contributed by atoms with Crippen molar-refractivity contribution >= 4 is 46.6 Å². The molecule has 1 heterocycles. The van der Waals surface area contributed by atoms with E-state index in [1.165, 1.54) is 11.0 Å². The molecule has 1 N–H and O–H groups in total. The molecule has 2 amide bonds. The molecule has 1 fully saturated rings. The van der Waals surface area contributed by atoms with Crippen LogP contribution in [0.3, 0.4) is 0 Å². The average Bonchev–Trinajstić information content (AvgIpc) is 2.80. The van der Waals surface area contributed by atoms with Crippen LogP contribution < -0.4 is 9.47 Å². The summed E-state index contributed by atoms with van der Waals surface area (Å²) in [4.78, 5) is 36.5. The zero-order valence-corrected chi connectivity index (χ0v) is 16.0. The van der Waals surface area contributed by atoms with Crippen LogP contribution in [0.15, 0.2) is 17.0 Å². The van der Waals surface area contributed by atoms with E-state index in [1.54, 1.807) is 32.9 Å². The van der Waals surface area contributed by atoms with Gasteiger partial charge in [-0.15, -0.1) is 0 Å². The van der Waals surface area contributed by atoms with Crippen LogP contribution >= 0.6 is 23.4 Å². The number of benzene rings is 1. The predicted molar refractivity (Wildman–Crippen MR) is 98.7 cm³/mol. The number of carboxylic acid groups (broad SMARTS) is 1. The van der Waals surface area contributed by atoms with Crippen LogP contribution in [0.25, 0.3) is 6.08 Å². The zero-order valence-electron chi connectivity index (χ0n) is 14.4. The molecule has 1 aromatic rings. The Morgan fingerprint density at radius 2 is 2.04 bits per heavy atom. The fraction of sp³-hybridized carbons (Fsp3) is 0.353. The Morgan fingerprint density at radius 3 is 2.58 bits per heavy atom. The van der Waals surface area contributed by atoms with Gasteiger partial charge in [0.15, 0.2) is 18.1 Å². The van der Waals surface area contributed by atoms with Crippen molar-refractivity contribution in [2.24, 2.45) is 0 Å². The third-order valence-corrected chi connectivity index (χ3v) is 4.47. The van der Waals surface area contributed by atoms with E-state index in [-0.39, 0.29) is 38.6 Å². The topological polar surface area (TPSA) is 93.1 Å². The minimum atomic E-state index is -1.14. The van der Waals surface area contributed by atoms with Crippen molar-refractivity contribution in [3.8, 4) is 11.5 Å². The molecule has 140 valence electrons. The van der Waals surface area contributed by atoms with Gasteiger partial charge in [0.25, 0.3) is 11.1 Å². The number of ether oxygens (including phenoxy) is 2. The molecule has 0 atom stereocenters. The van der Waals surface area contributed by atoms with E-state index < -0.39 is 12.6 Å². The highest BCUT2D eigenvalue weighted by atomic mass is 35.5. The second-order valence-corrected chi connectivity index (χ2v) is 6.99. The number of carbonyl (C=O) groups excluding carboxylic acids is 2. The van der Waals surface area contributed by atoms with Crippen LogP contribution in [0.4, 0.5) is 4.79 Å². The molecule has 0 radical (unpaired) electrons. The molecule has 1 saturated heterocycles. The lowest BCUT2D eigenvalue weighted by Crippen LogP contribution is -2.34. The first-order valence-electron chi connectivity index (χ1n) is 7.82. The molecule has 0 aromatic heterocycles. The largest absolute Gasteiger partial charge is 0.490 e. The van der Waals surface area contributed by atoms with Crippen molar-refractivity contribution in [1.82, 2.24) is 4.90 Å². The van der Waals surface area contributed by atoms with E-state index in [1.807, 2.05) is 0 Å². The lowest BCUT2D eigenvalue weighted by molar-refractivity contribution is -0.139. The maximum Gasteiger partial charge on any atom is 0.341 e. The average molecular weight is 400 g/mol. The summed E-state index contributed by atoms with van der Waals surface area (Å²) >= 11 is 7.04. The molecule has 0 unspecified atom stereocenters. The molecule has 0 saturated carbocycles. The summed E-state index contributed by atoms with van der Waals surface area (Å²) in [5.41, 5.74) is 0.537. The Labute approximate surface area is 159 Å². The number of imide groups is 1. The number of carboxylic acids is 1. The summed E-state index contributed by atoms with van der Waals surface area (Å²) in [5.74, 6) is -1.14. The third-order valence-electron chi connectivity index (χ3n) is 3.31. The zero-order chi connectivity index (χ0) is 19.4. The number of hydrogen-bond acceptors (Lipinski definition) is 6. The summed E-state index contributed by atoms with van der Waals surface area (Å²) < 4.78 is 10.6. The highest BCUT2D eigenvalue weighted by Gasteiger charge is 2.36. The monoisotopic (exact) mass is 399 g/mol. The summed E-state index contributed by atoms with van der Waals surface area (Å²) in [7, 11) is 0. The van der Waals surface area contributed by atoms with Gasteiger partial charge < -0.3 is 14.6 Å². The fourth-order valence-corrected chi connectivity index (χ4v) is 3.52. The molecule has 0 bridgehead atoms. The van der Waals surface area contributed by atoms with Crippen LogP contribution in [0.5, 0.6) is 11.5 Å². The Hall–Kier alpha value is -2.19. The Balaban J connectivity index is 2.37. The molecule has 1 aliphatic heterocycles. The first-order valence-corrected chi connectivity index (χ1v) is 9.02. The molecule has 0 aliphatic carbocycles. The number of carbonyl (C=O) groups is 3. The normalized spacial score (nSPS) is 15.9. The number of hydrogen-bond donors (Lipinski definition) is 1. The molecule has 7 nitrogen and oxygen atoms in total. The van der Waals surface area contributed by atoms with Gasteiger partial charge in [-0.2, -0.15) is 0 Å². The van der Waals surface area contributed by atoms with Crippen molar-refractivity contribution in [3.05, 3.63) is 27.6 Å². The molecular weight excluding hydrogens is 382 g/mol. The summed E-state index contributed by atoms with van der Waals surface area (Å²) in [6.45, 7) is 5.03. The minimum Gasteiger partial charge on any atom is -0.490 e. The quantitative estimate of drug-likeness (QED) is 0.699. The van der Waals surface area contributed by atoms with E-state index in [9.17, 15) is 14.4 Å². The Kier molecular flexibility index (Phi) is 6.55. The van der Waals surface area contributed by atoms with E-state index in [0.29, 0.717) is 12.2 Å². The second-order valence-electron chi connectivity index (χ2n) is 5.59. The number of aliphatic carboxylic acids is 1. The Bertz CT molecular complexity index is 777. The van der Waals surface area contributed by atoms with Gasteiger partial charge in [-0.1, -0.05) is 11.6 Å². The van der Waals surface area contributed by atoms with Crippen molar-refractivity contribution in [2.75, 3.05) is 13.2 Å².